The van der Waals surface area contributed by atoms with Crippen molar-refractivity contribution >= 4 is 34.1 Å². The number of fused-ring (bicyclic) bond motifs is 1. The zero-order valence-electron chi connectivity index (χ0n) is 17.2. The van der Waals surface area contributed by atoms with E-state index >= 15 is 0 Å². The van der Waals surface area contributed by atoms with Crippen LogP contribution in [0.2, 0.25) is 5.02 Å². The van der Waals surface area contributed by atoms with E-state index < -0.39 is 0 Å². The number of aryl methyl sites for hydroxylation is 1. The smallest absolute Gasteiger partial charge is 0.276 e. The number of morpholine rings is 1. The molecule has 2 aromatic carbocycles. The van der Waals surface area contributed by atoms with Crippen molar-refractivity contribution in [3.8, 4) is 5.75 Å². The van der Waals surface area contributed by atoms with Crippen LogP contribution in [0, 0.1) is 6.92 Å². The van der Waals surface area contributed by atoms with Gasteiger partial charge in [0.1, 0.15) is 11.3 Å². The molecule has 0 aliphatic carbocycles. The van der Waals surface area contributed by atoms with Crippen molar-refractivity contribution in [1.29, 1.82) is 0 Å². The predicted octanol–water partition coefficient (Wildman–Crippen LogP) is 3.59. The second-order valence-corrected chi connectivity index (χ2v) is 7.73. The molecule has 0 bridgehead atoms. The first-order chi connectivity index (χ1) is 14.6. The van der Waals surface area contributed by atoms with E-state index in [-0.39, 0.29) is 5.91 Å². The summed E-state index contributed by atoms with van der Waals surface area (Å²) in [6.07, 6.45) is 0. The maximum atomic E-state index is 13.1. The Morgan fingerprint density at radius 1 is 1.23 bits per heavy atom. The van der Waals surface area contributed by atoms with E-state index in [0.29, 0.717) is 28.7 Å². The Bertz CT molecular complexity index is 1060. The molecule has 0 radical (unpaired) electrons. The van der Waals surface area contributed by atoms with E-state index in [1.54, 1.807) is 13.2 Å². The minimum atomic E-state index is -0.300. The highest BCUT2D eigenvalue weighted by Crippen LogP contribution is 2.29. The van der Waals surface area contributed by atoms with Crippen LogP contribution in [0.25, 0.3) is 10.9 Å². The van der Waals surface area contributed by atoms with Gasteiger partial charge in [0.05, 0.1) is 37.6 Å². The number of hydrogen-bond acceptors (Lipinski definition) is 5. The maximum Gasteiger partial charge on any atom is 0.276 e. The lowest BCUT2D eigenvalue weighted by Crippen LogP contribution is -2.38. The Labute approximate surface area is 180 Å². The van der Waals surface area contributed by atoms with Crippen LogP contribution in [0.1, 0.15) is 16.1 Å². The van der Waals surface area contributed by atoms with Gasteiger partial charge in [0.2, 0.25) is 0 Å². The number of carbonyl (C=O) groups is 1. The molecule has 0 atom stereocenters. The minimum Gasteiger partial charge on any atom is -0.494 e. The molecule has 0 saturated carbocycles. The third-order valence-corrected chi connectivity index (χ3v) is 5.60. The first-order valence-corrected chi connectivity index (χ1v) is 10.4. The van der Waals surface area contributed by atoms with Crippen LogP contribution in [0.15, 0.2) is 36.4 Å². The number of amides is 1. The van der Waals surface area contributed by atoms with E-state index in [0.717, 1.165) is 49.3 Å². The molecule has 1 fully saturated rings. The van der Waals surface area contributed by atoms with Gasteiger partial charge in [-0.15, -0.1) is 0 Å². The first kappa shape index (κ1) is 20.7. The fourth-order valence-electron chi connectivity index (χ4n) is 3.68. The average Bonchev–Trinajstić information content (AvgIpc) is 3.14. The molecule has 8 heteroatoms. The number of carbonyl (C=O) groups excluding carboxylic acids is 1. The summed E-state index contributed by atoms with van der Waals surface area (Å²) in [5.41, 5.74) is 2.75. The van der Waals surface area contributed by atoms with E-state index in [1.165, 1.54) is 0 Å². The number of ether oxygens (including phenoxy) is 2. The van der Waals surface area contributed by atoms with Gasteiger partial charge in [-0.05, 0) is 30.7 Å². The molecule has 1 aliphatic heterocycles. The molecule has 1 saturated heterocycles. The van der Waals surface area contributed by atoms with Crippen LogP contribution in [-0.2, 0) is 11.3 Å². The van der Waals surface area contributed by atoms with Crippen molar-refractivity contribution in [3.05, 3.63) is 52.7 Å². The van der Waals surface area contributed by atoms with E-state index in [2.05, 4.69) is 15.3 Å². The molecule has 1 aliphatic rings. The number of halogens is 1. The number of para-hydroxylation sites is 1. The highest BCUT2D eigenvalue weighted by Gasteiger charge is 2.21. The Kier molecular flexibility index (Phi) is 6.22. The summed E-state index contributed by atoms with van der Waals surface area (Å²) in [6, 6.07) is 11.2. The molecule has 7 nitrogen and oxygen atoms in total. The highest BCUT2D eigenvalue weighted by atomic mass is 35.5. The van der Waals surface area contributed by atoms with Crippen LogP contribution in [0.3, 0.4) is 0 Å². The standard InChI is InChI=1S/C22H25ClN4O3/c1-15-6-7-17(23)18(14-15)24-22(28)20-16-4-3-5-19(29-2)21(16)27(25-20)9-8-26-10-12-30-13-11-26/h3-7,14H,8-13H2,1-2H3,(H,24,28). The fourth-order valence-corrected chi connectivity index (χ4v) is 3.84. The number of anilines is 1. The van der Waals surface area contributed by atoms with Crippen LogP contribution < -0.4 is 10.1 Å². The molecule has 2 heterocycles. The Hall–Kier alpha value is -2.61. The fraction of sp³-hybridized carbons (Fsp3) is 0.364. The van der Waals surface area contributed by atoms with Crippen LogP contribution in [0.4, 0.5) is 5.69 Å². The van der Waals surface area contributed by atoms with Crippen LogP contribution >= 0.6 is 11.6 Å². The molecular weight excluding hydrogens is 404 g/mol. The Morgan fingerprint density at radius 2 is 2.03 bits per heavy atom. The summed E-state index contributed by atoms with van der Waals surface area (Å²) in [7, 11) is 1.63. The molecular formula is C22H25ClN4O3. The lowest BCUT2D eigenvalue weighted by Gasteiger charge is -2.26. The summed E-state index contributed by atoms with van der Waals surface area (Å²) in [6.45, 7) is 6.71. The van der Waals surface area contributed by atoms with Gasteiger partial charge in [-0.25, -0.2) is 0 Å². The molecule has 158 valence electrons. The van der Waals surface area contributed by atoms with E-state index in [4.69, 9.17) is 21.1 Å². The average molecular weight is 429 g/mol. The molecule has 0 unspecified atom stereocenters. The number of benzene rings is 2. The van der Waals surface area contributed by atoms with Gasteiger partial charge >= 0.3 is 0 Å². The van der Waals surface area contributed by atoms with Crippen molar-refractivity contribution in [2.24, 2.45) is 0 Å². The lowest BCUT2D eigenvalue weighted by molar-refractivity contribution is 0.0361. The highest BCUT2D eigenvalue weighted by molar-refractivity contribution is 6.34. The Balaban J connectivity index is 1.65. The zero-order chi connectivity index (χ0) is 21.1. The van der Waals surface area contributed by atoms with Crippen molar-refractivity contribution in [1.82, 2.24) is 14.7 Å². The van der Waals surface area contributed by atoms with Gasteiger partial charge in [0, 0.05) is 25.0 Å². The van der Waals surface area contributed by atoms with Gasteiger partial charge in [0.15, 0.2) is 5.69 Å². The molecule has 4 rings (SSSR count). The number of methoxy groups -OCH3 is 1. The van der Waals surface area contributed by atoms with Crippen LogP contribution in [0.5, 0.6) is 5.75 Å². The first-order valence-electron chi connectivity index (χ1n) is 9.98. The number of aromatic nitrogens is 2. The SMILES string of the molecule is COc1cccc2c(C(=O)Nc3cc(C)ccc3Cl)nn(CCN3CCOCC3)c12. The molecule has 1 aromatic heterocycles. The maximum absolute atomic E-state index is 13.1. The number of hydrogen-bond donors (Lipinski definition) is 1. The Morgan fingerprint density at radius 3 is 2.80 bits per heavy atom. The van der Waals surface area contributed by atoms with Gasteiger partial charge in [0.25, 0.3) is 5.91 Å². The second kappa shape index (κ2) is 9.04. The summed E-state index contributed by atoms with van der Waals surface area (Å²) >= 11 is 6.26. The quantitative estimate of drug-likeness (QED) is 0.649. The van der Waals surface area contributed by atoms with Gasteiger partial charge in [-0.3, -0.25) is 14.4 Å². The van der Waals surface area contributed by atoms with Crippen molar-refractivity contribution in [2.75, 3.05) is 45.3 Å². The minimum absolute atomic E-state index is 0.300. The summed E-state index contributed by atoms with van der Waals surface area (Å²) in [5, 5.41) is 8.79. The molecule has 1 amide bonds. The lowest BCUT2D eigenvalue weighted by atomic mass is 10.1. The van der Waals surface area contributed by atoms with Gasteiger partial charge < -0.3 is 14.8 Å². The second-order valence-electron chi connectivity index (χ2n) is 7.32. The third kappa shape index (κ3) is 4.28. The van der Waals surface area contributed by atoms with E-state index in [1.807, 2.05) is 41.9 Å². The van der Waals surface area contributed by atoms with Crippen molar-refractivity contribution < 1.29 is 14.3 Å². The third-order valence-electron chi connectivity index (χ3n) is 5.27. The summed E-state index contributed by atoms with van der Waals surface area (Å²) in [4.78, 5) is 15.4. The number of nitrogens with one attached hydrogen (secondary N) is 1. The molecule has 30 heavy (non-hydrogen) atoms. The topological polar surface area (TPSA) is 68.6 Å². The predicted molar refractivity (Wildman–Crippen MR) is 118 cm³/mol. The largest absolute Gasteiger partial charge is 0.494 e. The summed E-state index contributed by atoms with van der Waals surface area (Å²) in [5.74, 6) is 0.389. The van der Waals surface area contributed by atoms with Crippen molar-refractivity contribution in [3.63, 3.8) is 0 Å². The monoisotopic (exact) mass is 428 g/mol. The van der Waals surface area contributed by atoms with E-state index in [9.17, 15) is 4.79 Å². The molecule has 3 aromatic rings. The zero-order valence-corrected chi connectivity index (χ0v) is 17.9. The molecule has 0 spiro atoms. The van der Waals surface area contributed by atoms with Gasteiger partial charge in [-0.2, -0.15) is 5.10 Å². The number of nitrogens with zero attached hydrogens (tertiary/aromatic N) is 3. The number of rotatable bonds is 6. The normalized spacial score (nSPS) is 14.8. The summed E-state index contributed by atoms with van der Waals surface area (Å²) < 4.78 is 12.8. The van der Waals surface area contributed by atoms with Gasteiger partial charge in [-0.1, -0.05) is 29.8 Å². The van der Waals surface area contributed by atoms with Crippen LogP contribution in [-0.4, -0.2) is 60.5 Å². The molecule has 1 N–H and O–H groups in total. The van der Waals surface area contributed by atoms with Crippen molar-refractivity contribution in [2.45, 2.75) is 13.5 Å².